The largest absolute Gasteiger partial charge is 0.463 e. The number of rotatable bonds is 18. The highest BCUT2D eigenvalue weighted by atomic mass is 79.9. The Kier molecular flexibility index (Phi) is 12.9. The van der Waals surface area contributed by atoms with Crippen molar-refractivity contribution in [1.29, 1.82) is 0 Å². The molecule has 3 fully saturated rings. The third kappa shape index (κ3) is 7.71. The number of esters is 1. The van der Waals surface area contributed by atoms with Gasteiger partial charge in [-0.15, -0.1) is 13.2 Å². The summed E-state index contributed by atoms with van der Waals surface area (Å²) in [7, 11) is 0. The van der Waals surface area contributed by atoms with E-state index in [1.54, 1.807) is 41.3 Å². The maximum absolute atomic E-state index is 14.8. The first-order valence-corrected chi connectivity index (χ1v) is 18.5. The number of halogens is 2. The molecule has 3 aliphatic heterocycles. The van der Waals surface area contributed by atoms with Crippen LogP contribution in [0, 0.1) is 11.8 Å². The SMILES string of the molecule is C=CCCC(=O)OC[C@H](NC(=O)[C@@H]1[C@H]2O[C@@]3(CC2Br)[C@H](C(=O)N(CC=C)c2ccccc2Cl)N(CCCCCCO)C(=O)[C@@H]13)c1ccccc1. The van der Waals surface area contributed by atoms with Crippen LogP contribution in [0.2, 0.25) is 5.02 Å². The molecule has 50 heavy (non-hydrogen) atoms. The molecule has 12 heteroatoms. The molecule has 3 aliphatic rings. The summed E-state index contributed by atoms with van der Waals surface area (Å²) in [4.78, 5) is 59.0. The second-order valence-electron chi connectivity index (χ2n) is 13.0. The van der Waals surface area contributed by atoms with E-state index in [0.717, 1.165) is 18.4 Å². The van der Waals surface area contributed by atoms with Gasteiger partial charge in [0.15, 0.2) is 0 Å². The summed E-state index contributed by atoms with van der Waals surface area (Å²) in [5.41, 5.74) is -0.0540. The summed E-state index contributed by atoms with van der Waals surface area (Å²) >= 11 is 10.3. The summed E-state index contributed by atoms with van der Waals surface area (Å²) < 4.78 is 12.3. The lowest BCUT2D eigenvalue weighted by atomic mass is 9.70. The maximum atomic E-state index is 14.8. The number of carbonyl (C=O) groups is 4. The Hall–Kier alpha value is -3.51. The first-order chi connectivity index (χ1) is 24.2. The van der Waals surface area contributed by atoms with E-state index in [0.29, 0.717) is 36.4 Å². The smallest absolute Gasteiger partial charge is 0.306 e. The van der Waals surface area contributed by atoms with Crippen molar-refractivity contribution in [3.8, 4) is 0 Å². The Labute approximate surface area is 306 Å². The number of carbonyl (C=O) groups excluding carboxylic acids is 4. The molecule has 7 atom stereocenters. The summed E-state index contributed by atoms with van der Waals surface area (Å²) in [5, 5.41) is 12.7. The number of hydrogen-bond acceptors (Lipinski definition) is 7. The van der Waals surface area contributed by atoms with Crippen LogP contribution in [0.4, 0.5) is 5.69 Å². The Bertz CT molecular complexity index is 1560. The Morgan fingerprint density at radius 3 is 2.52 bits per heavy atom. The lowest BCUT2D eigenvalue weighted by Crippen LogP contribution is -2.57. The Morgan fingerprint density at radius 2 is 1.82 bits per heavy atom. The molecule has 2 bridgehead atoms. The number of amides is 3. The molecule has 3 saturated heterocycles. The van der Waals surface area contributed by atoms with Crippen LogP contribution in [-0.4, -0.2) is 82.6 Å². The van der Waals surface area contributed by atoms with Gasteiger partial charge in [0.25, 0.3) is 5.91 Å². The van der Waals surface area contributed by atoms with Crippen LogP contribution in [0.5, 0.6) is 0 Å². The average molecular weight is 771 g/mol. The highest BCUT2D eigenvalue weighted by Gasteiger charge is 2.76. The average Bonchev–Trinajstić information content (AvgIpc) is 3.71. The van der Waals surface area contributed by atoms with Crippen molar-refractivity contribution in [2.75, 3.05) is 31.2 Å². The lowest BCUT2D eigenvalue weighted by molar-refractivity contribution is -0.145. The van der Waals surface area contributed by atoms with Crippen molar-refractivity contribution in [2.24, 2.45) is 11.8 Å². The molecule has 0 aliphatic carbocycles. The molecule has 2 aromatic rings. The number of unbranched alkanes of at least 4 members (excludes halogenated alkanes) is 3. The molecule has 10 nitrogen and oxygen atoms in total. The van der Waals surface area contributed by atoms with Crippen molar-refractivity contribution in [1.82, 2.24) is 10.2 Å². The molecule has 1 unspecified atom stereocenters. The molecular formula is C38H45BrClN3O7. The summed E-state index contributed by atoms with van der Waals surface area (Å²) in [6.45, 7) is 7.93. The van der Waals surface area contributed by atoms with E-state index >= 15 is 0 Å². The zero-order valence-electron chi connectivity index (χ0n) is 28.1. The van der Waals surface area contributed by atoms with Crippen LogP contribution >= 0.6 is 27.5 Å². The molecule has 0 saturated carbocycles. The fraction of sp³-hybridized carbons (Fsp3) is 0.474. The quantitative estimate of drug-likeness (QED) is 0.0885. The second-order valence-corrected chi connectivity index (χ2v) is 14.6. The monoisotopic (exact) mass is 769 g/mol. The predicted octanol–water partition coefficient (Wildman–Crippen LogP) is 5.53. The van der Waals surface area contributed by atoms with Crippen LogP contribution in [0.25, 0.3) is 0 Å². The summed E-state index contributed by atoms with van der Waals surface area (Å²) in [6.07, 6.45) is 6.35. The molecule has 268 valence electrons. The van der Waals surface area contributed by atoms with Gasteiger partial charge in [-0.1, -0.05) is 95.0 Å². The molecule has 2 aromatic carbocycles. The first-order valence-electron chi connectivity index (χ1n) is 17.2. The number of hydrogen-bond donors (Lipinski definition) is 2. The van der Waals surface area contributed by atoms with Crippen molar-refractivity contribution in [3.05, 3.63) is 90.5 Å². The van der Waals surface area contributed by atoms with Crippen molar-refractivity contribution in [2.45, 2.75) is 73.6 Å². The highest BCUT2D eigenvalue weighted by molar-refractivity contribution is 9.09. The number of aliphatic hydroxyl groups is 1. The third-order valence-corrected chi connectivity index (χ3v) is 11.0. The molecule has 5 rings (SSSR count). The minimum absolute atomic E-state index is 0.0833. The number of anilines is 1. The van der Waals surface area contributed by atoms with Gasteiger partial charge in [-0.25, -0.2) is 0 Å². The lowest BCUT2D eigenvalue weighted by Gasteiger charge is -2.37. The topological polar surface area (TPSA) is 125 Å². The molecule has 1 spiro atoms. The number of likely N-dealkylation sites (tertiary alicyclic amines) is 1. The standard InChI is InChI=1S/C38H45BrClN3O7/c1-3-5-19-30(45)49-24-28(25-15-9-8-10-16-25)41-35(46)31-32-36(47)43(21-13-6-7-14-22-44)34(38(32)23-26(39)33(31)50-38)37(48)42(20-4-2)29-18-12-11-17-27(29)40/h3-4,8-12,15-18,26,28,31-34,44H,1-2,5-7,13-14,19-24H2,(H,41,46)/t26?,28-,31-,32+,33-,34-,38+/m0/s1. The summed E-state index contributed by atoms with van der Waals surface area (Å²) in [5.74, 6) is -3.33. The number of allylic oxidation sites excluding steroid dienone is 1. The van der Waals surface area contributed by atoms with E-state index < -0.39 is 47.5 Å². The van der Waals surface area contributed by atoms with Gasteiger partial charge >= 0.3 is 5.97 Å². The first kappa shape index (κ1) is 37.7. The van der Waals surface area contributed by atoms with Gasteiger partial charge in [0.05, 0.1) is 34.7 Å². The number of ether oxygens (including phenoxy) is 2. The van der Waals surface area contributed by atoms with E-state index in [1.165, 1.54) is 4.90 Å². The van der Waals surface area contributed by atoms with E-state index in [-0.39, 0.29) is 49.4 Å². The van der Waals surface area contributed by atoms with E-state index in [1.807, 2.05) is 30.3 Å². The van der Waals surface area contributed by atoms with Gasteiger partial charge < -0.3 is 29.7 Å². The number of nitrogens with zero attached hydrogens (tertiary/aromatic N) is 2. The third-order valence-electron chi connectivity index (χ3n) is 9.84. The zero-order chi connectivity index (χ0) is 35.8. The van der Waals surface area contributed by atoms with Crippen LogP contribution in [0.15, 0.2) is 79.9 Å². The molecule has 3 heterocycles. The maximum Gasteiger partial charge on any atom is 0.306 e. The van der Waals surface area contributed by atoms with Gasteiger partial charge in [-0.05, 0) is 43.4 Å². The second kappa shape index (κ2) is 17.1. The molecule has 3 amide bonds. The Balaban J connectivity index is 1.47. The summed E-state index contributed by atoms with van der Waals surface area (Å²) in [6, 6.07) is 14.5. The molecule has 2 N–H and O–H groups in total. The predicted molar refractivity (Wildman–Crippen MR) is 195 cm³/mol. The number of para-hydroxylation sites is 1. The van der Waals surface area contributed by atoms with Gasteiger partial charge in [0, 0.05) is 30.9 Å². The van der Waals surface area contributed by atoms with Gasteiger partial charge in [-0.2, -0.15) is 0 Å². The normalized spacial score (nSPS) is 25.5. The minimum atomic E-state index is -1.28. The number of benzene rings is 2. The minimum Gasteiger partial charge on any atom is -0.463 e. The zero-order valence-corrected chi connectivity index (χ0v) is 30.4. The van der Waals surface area contributed by atoms with Crippen molar-refractivity contribution < 1.29 is 33.8 Å². The van der Waals surface area contributed by atoms with Gasteiger partial charge in [-0.3, -0.25) is 19.2 Å². The van der Waals surface area contributed by atoms with Gasteiger partial charge in [0.2, 0.25) is 11.8 Å². The molecule has 0 radical (unpaired) electrons. The Morgan fingerprint density at radius 1 is 1.10 bits per heavy atom. The van der Waals surface area contributed by atoms with Crippen LogP contribution in [0.1, 0.15) is 56.6 Å². The molecule has 0 aromatic heterocycles. The van der Waals surface area contributed by atoms with E-state index in [4.69, 9.17) is 21.1 Å². The number of nitrogens with one attached hydrogen (secondary N) is 1. The van der Waals surface area contributed by atoms with Crippen LogP contribution in [-0.2, 0) is 28.7 Å². The number of aliphatic hydroxyl groups excluding tert-OH is 1. The van der Waals surface area contributed by atoms with Crippen molar-refractivity contribution in [3.63, 3.8) is 0 Å². The van der Waals surface area contributed by atoms with E-state index in [2.05, 4.69) is 34.4 Å². The van der Waals surface area contributed by atoms with Gasteiger partial charge in [0.1, 0.15) is 18.2 Å². The number of alkyl halides is 1. The number of fused-ring (bicyclic) bond motifs is 1. The van der Waals surface area contributed by atoms with Crippen LogP contribution < -0.4 is 10.2 Å². The fourth-order valence-corrected chi connectivity index (χ4v) is 8.77. The van der Waals surface area contributed by atoms with E-state index in [9.17, 15) is 24.3 Å². The molecular weight excluding hydrogens is 726 g/mol. The highest BCUT2D eigenvalue weighted by Crippen LogP contribution is 2.60. The fourth-order valence-electron chi connectivity index (χ4n) is 7.59. The van der Waals surface area contributed by atoms with Crippen LogP contribution in [0.3, 0.4) is 0 Å². The van der Waals surface area contributed by atoms with Crippen molar-refractivity contribution >= 4 is 56.9 Å².